The molecule has 3 heteroatoms. The molecule has 0 aliphatic rings. The summed E-state index contributed by atoms with van der Waals surface area (Å²) in [6.45, 7) is 14.4. The maximum atomic E-state index is 11.8. The lowest BCUT2D eigenvalue weighted by Crippen LogP contribution is -2.35. The van der Waals surface area contributed by atoms with Crippen LogP contribution in [0.25, 0.3) is 0 Å². The molecule has 0 saturated carbocycles. The smallest absolute Gasteiger partial charge is 0.222 e. The first-order valence-electron chi connectivity index (χ1n) is 6.62. The highest BCUT2D eigenvalue weighted by Gasteiger charge is 2.14. The molecule has 0 aromatic rings. The van der Waals surface area contributed by atoms with Crippen LogP contribution in [0.5, 0.6) is 0 Å². The zero-order valence-electron chi connectivity index (χ0n) is 11.6. The van der Waals surface area contributed by atoms with Crippen molar-refractivity contribution in [2.24, 2.45) is 0 Å². The van der Waals surface area contributed by atoms with E-state index in [0.29, 0.717) is 18.4 Å². The predicted molar refractivity (Wildman–Crippen MR) is 69.5 cm³/mol. The van der Waals surface area contributed by atoms with E-state index in [0.717, 1.165) is 32.6 Å². The second-order valence-corrected chi connectivity index (χ2v) is 4.17. The molecule has 0 saturated heterocycles. The van der Waals surface area contributed by atoms with Crippen LogP contribution in [0, 0.1) is 0 Å². The molecule has 1 amide bonds. The molecule has 0 aliphatic carbocycles. The van der Waals surface area contributed by atoms with Crippen LogP contribution in [-0.2, 0) is 4.79 Å². The number of rotatable bonds is 8. The van der Waals surface area contributed by atoms with Gasteiger partial charge in [-0.1, -0.05) is 13.8 Å². The van der Waals surface area contributed by atoms with Gasteiger partial charge in [0, 0.05) is 25.6 Å². The summed E-state index contributed by atoms with van der Waals surface area (Å²) in [6, 6.07) is 0.509. The van der Waals surface area contributed by atoms with Gasteiger partial charge < -0.3 is 9.80 Å². The van der Waals surface area contributed by atoms with Crippen molar-refractivity contribution in [3.63, 3.8) is 0 Å². The second-order valence-electron chi connectivity index (χ2n) is 4.17. The Hall–Kier alpha value is -0.570. The van der Waals surface area contributed by atoms with Crippen LogP contribution in [0.4, 0.5) is 0 Å². The van der Waals surface area contributed by atoms with Gasteiger partial charge in [-0.2, -0.15) is 0 Å². The molecule has 0 radical (unpaired) electrons. The first-order chi connectivity index (χ1) is 7.60. The third kappa shape index (κ3) is 4.97. The van der Waals surface area contributed by atoms with E-state index in [1.54, 1.807) is 0 Å². The van der Waals surface area contributed by atoms with Crippen molar-refractivity contribution in [3.05, 3.63) is 0 Å². The molecule has 0 aromatic carbocycles. The molecule has 96 valence electrons. The van der Waals surface area contributed by atoms with Gasteiger partial charge >= 0.3 is 0 Å². The number of carbonyl (C=O) groups is 1. The molecule has 0 bridgehead atoms. The lowest BCUT2D eigenvalue weighted by atomic mass is 10.1. The third-order valence-corrected chi connectivity index (χ3v) is 3.33. The van der Waals surface area contributed by atoms with Crippen molar-refractivity contribution in [2.45, 2.75) is 53.5 Å². The average molecular weight is 228 g/mol. The average Bonchev–Trinajstić information content (AvgIpc) is 2.29. The molecule has 0 fully saturated rings. The minimum absolute atomic E-state index is 0.295. The Balaban J connectivity index is 3.99. The predicted octanol–water partition coefficient (Wildman–Crippen LogP) is 2.37. The SMILES string of the molecule is CCN(CC)C(=O)CCC(C)N(CC)CC. The van der Waals surface area contributed by atoms with E-state index in [9.17, 15) is 4.79 Å². The molecule has 0 heterocycles. The summed E-state index contributed by atoms with van der Waals surface area (Å²) in [7, 11) is 0. The summed E-state index contributed by atoms with van der Waals surface area (Å²) in [5.74, 6) is 0.295. The van der Waals surface area contributed by atoms with E-state index in [-0.39, 0.29) is 0 Å². The van der Waals surface area contributed by atoms with Crippen molar-refractivity contribution in [3.8, 4) is 0 Å². The molecule has 1 atom stereocenters. The van der Waals surface area contributed by atoms with Crippen LogP contribution in [0.2, 0.25) is 0 Å². The van der Waals surface area contributed by atoms with Gasteiger partial charge in [0.1, 0.15) is 0 Å². The normalized spacial score (nSPS) is 12.9. The Kier molecular flexibility index (Phi) is 8.26. The minimum Gasteiger partial charge on any atom is -0.343 e. The molecular weight excluding hydrogens is 200 g/mol. The summed E-state index contributed by atoms with van der Waals surface area (Å²) in [6.07, 6.45) is 1.65. The van der Waals surface area contributed by atoms with Gasteiger partial charge in [0.05, 0.1) is 0 Å². The topological polar surface area (TPSA) is 23.6 Å². The van der Waals surface area contributed by atoms with Crippen LogP contribution < -0.4 is 0 Å². The Morgan fingerprint density at radius 3 is 1.88 bits per heavy atom. The van der Waals surface area contributed by atoms with Gasteiger partial charge in [-0.25, -0.2) is 0 Å². The first kappa shape index (κ1) is 15.4. The zero-order chi connectivity index (χ0) is 12.6. The molecule has 0 aromatic heterocycles. The third-order valence-electron chi connectivity index (χ3n) is 3.33. The summed E-state index contributed by atoms with van der Waals surface area (Å²) in [5, 5.41) is 0. The Morgan fingerprint density at radius 1 is 1.00 bits per heavy atom. The minimum atomic E-state index is 0.295. The number of hydrogen-bond donors (Lipinski definition) is 0. The standard InChI is InChI=1S/C13H28N2O/c1-6-14(7-2)12(5)10-11-13(16)15(8-3)9-4/h12H,6-11H2,1-5H3. The number of amides is 1. The summed E-state index contributed by atoms with van der Waals surface area (Å²) < 4.78 is 0. The van der Waals surface area contributed by atoms with Crippen molar-refractivity contribution in [1.29, 1.82) is 0 Å². The highest BCUT2D eigenvalue weighted by atomic mass is 16.2. The van der Waals surface area contributed by atoms with E-state index in [4.69, 9.17) is 0 Å². The van der Waals surface area contributed by atoms with Crippen molar-refractivity contribution < 1.29 is 4.79 Å². The fraction of sp³-hybridized carbons (Fsp3) is 0.923. The molecule has 0 aliphatic heterocycles. The van der Waals surface area contributed by atoms with E-state index < -0.39 is 0 Å². The second kappa shape index (κ2) is 8.57. The quantitative estimate of drug-likeness (QED) is 0.637. The van der Waals surface area contributed by atoms with E-state index in [2.05, 4.69) is 25.7 Å². The van der Waals surface area contributed by atoms with Gasteiger partial charge in [0.15, 0.2) is 0 Å². The Labute approximate surface area is 101 Å². The molecular formula is C13H28N2O. The monoisotopic (exact) mass is 228 g/mol. The van der Waals surface area contributed by atoms with E-state index in [1.165, 1.54) is 0 Å². The molecule has 1 unspecified atom stereocenters. The van der Waals surface area contributed by atoms with Crippen LogP contribution in [-0.4, -0.2) is 47.9 Å². The Morgan fingerprint density at radius 2 is 1.50 bits per heavy atom. The van der Waals surface area contributed by atoms with Gasteiger partial charge in [-0.15, -0.1) is 0 Å². The zero-order valence-corrected chi connectivity index (χ0v) is 11.6. The largest absolute Gasteiger partial charge is 0.343 e. The first-order valence-corrected chi connectivity index (χ1v) is 6.62. The van der Waals surface area contributed by atoms with Crippen LogP contribution in [0.15, 0.2) is 0 Å². The molecule has 0 rings (SSSR count). The van der Waals surface area contributed by atoms with Gasteiger partial charge in [0.2, 0.25) is 5.91 Å². The summed E-state index contributed by atoms with van der Waals surface area (Å²) in [5.41, 5.74) is 0. The van der Waals surface area contributed by atoms with Gasteiger partial charge in [-0.3, -0.25) is 4.79 Å². The van der Waals surface area contributed by atoms with Crippen molar-refractivity contribution >= 4 is 5.91 Å². The lowest BCUT2D eigenvalue weighted by Gasteiger charge is -2.27. The summed E-state index contributed by atoms with van der Waals surface area (Å²) >= 11 is 0. The molecule has 0 spiro atoms. The molecule has 16 heavy (non-hydrogen) atoms. The maximum Gasteiger partial charge on any atom is 0.222 e. The molecule has 3 nitrogen and oxygen atoms in total. The maximum absolute atomic E-state index is 11.8. The van der Waals surface area contributed by atoms with Crippen molar-refractivity contribution in [2.75, 3.05) is 26.2 Å². The van der Waals surface area contributed by atoms with Gasteiger partial charge in [-0.05, 0) is 40.3 Å². The summed E-state index contributed by atoms with van der Waals surface area (Å²) in [4.78, 5) is 16.1. The van der Waals surface area contributed by atoms with E-state index >= 15 is 0 Å². The highest BCUT2D eigenvalue weighted by Crippen LogP contribution is 2.07. The number of carbonyl (C=O) groups excluding carboxylic acids is 1. The van der Waals surface area contributed by atoms with Crippen LogP contribution in [0.1, 0.15) is 47.5 Å². The van der Waals surface area contributed by atoms with Crippen LogP contribution >= 0.6 is 0 Å². The van der Waals surface area contributed by atoms with E-state index in [1.807, 2.05) is 18.7 Å². The Bertz CT molecular complexity index is 186. The highest BCUT2D eigenvalue weighted by molar-refractivity contribution is 5.76. The fourth-order valence-corrected chi connectivity index (χ4v) is 2.10. The number of hydrogen-bond acceptors (Lipinski definition) is 2. The van der Waals surface area contributed by atoms with Crippen LogP contribution in [0.3, 0.4) is 0 Å². The van der Waals surface area contributed by atoms with Gasteiger partial charge in [0.25, 0.3) is 0 Å². The number of nitrogens with zero attached hydrogens (tertiary/aromatic N) is 2. The van der Waals surface area contributed by atoms with Crippen molar-refractivity contribution in [1.82, 2.24) is 9.80 Å². The molecule has 0 N–H and O–H groups in total. The lowest BCUT2D eigenvalue weighted by molar-refractivity contribution is -0.131. The fourth-order valence-electron chi connectivity index (χ4n) is 2.10.